The van der Waals surface area contributed by atoms with E-state index in [2.05, 4.69) is 44.6 Å². The summed E-state index contributed by atoms with van der Waals surface area (Å²) in [4.78, 5) is 11.6. The Morgan fingerprint density at radius 1 is 1.18 bits per heavy atom. The molecule has 0 N–H and O–H groups in total. The van der Waals surface area contributed by atoms with Gasteiger partial charge in [-0.05, 0) is 52.0 Å². The van der Waals surface area contributed by atoms with Crippen LogP contribution in [-0.4, -0.2) is 32.3 Å². The Morgan fingerprint density at radius 2 is 2.09 bits per heavy atom. The highest BCUT2D eigenvalue weighted by Gasteiger charge is 2.30. The molecule has 0 spiro atoms. The van der Waals surface area contributed by atoms with Crippen LogP contribution in [0.15, 0.2) is 12.4 Å². The molecule has 1 unspecified atom stereocenters. The molecule has 2 aromatic rings. The summed E-state index contributed by atoms with van der Waals surface area (Å²) in [5.41, 5.74) is 5.01. The van der Waals surface area contributed by atoms with Gasteiger partial charge in [0.1, 0.15) is 12.1 Å². The second kappa shape index (κ2) is 5.38. The van der Waals surface area contributed by atoms with Crippen LogP contribution in [0.4, 0.5) is 5.82 Å². The highest BCUT2D eigenvalue weighted by Crippen LogP contribution is 2.32. The molecule has 22 heavy (non-hydrogen) atoms. The van der Waals surface area contributed by atoms with E-state index in [4.69, 9.17) is 0 Å². The Morgan fingerprint density at radius 3 is 2.91 bits per heavy atom. The van der Waals surface area contributed by atoms with Crippen LogP contribution < -0.4 is 4.90 Å². The molecule has 1 aliphatic heterocycles. The van der Waals surface area contributed by atoms with E-state index in [1.807, 2.05) is 0 Å². The van der Waals surface area contributed by atoms with E-state index >= 15 is 0 Å². The van der Waals surface area contributed by atoms with Gasteiger partial charge in [0.15, 0.2) is 0 Å². The molecule has 5 nitrogen and oxygen atoms in total. The van der Waals surface area contributed by atoms with Gasteiger partial charge < -0.3 is 4.90 Å². The molecule has 0 bridgehead atoms. The molecule has 2 aliphatic rings. The molecule has 1 saturated heterocycles. The third-order valence-electron chi connectivity index (χ3n) is 4.99. The number of anilines is 1. The van der Waals surface area contributed by atoms with Crippen molar-refractivity contribution in [1.82, 2.24) is 19.7 Å². The molecular formula is C17H23N5. The lowest BCUT2D eigenvalue weighted by atomic mass is 10.2. The largest absolute Gasteiger partial charge is 0.351 e. The van der Waals surface area contributed by atoms with Gasteiger partial charge in [-0.15, -0.1) is 0 Å². The van der Waals surface area contributed by atoms with Crippen molar-refractivity contribution in [1.29, 1.82) is 0 Å². The van der Waals surface area contributed by atoms with E-state index in [-0.39, 0.29) is 0 Å². The van der Waals surface area contributed by atoms with Gasteiger partial charge in [-0.25, -0.2) is 9.97 Å². The number of nitrogens with zero attached hydrogens (tertiary/aromatic N) is 5. The maximum atomic E-state index is 4.64. The lowest BCUT2D eigenvalue weighted by Crippen LogP contribution is -2.35. The summed E-state index contributed by atoms with van der Waals surface area (Å²) in [6.07, 6.45) is 7.67. The molecule has 3 heterocycles. The van der Waals surface area contributed by atoms with Crippen molar-refractivity contribution < 1.29 is 0 Å². The first-order valence-corrected chi connectivity index (χ1v) is 8.33. The second-order valence-electron chi connectivity index (χ2n) is 6.57. The summed E-state index contributed by atoms with van der Waals surface area (Å²) in [5, 5.41) is 4.63. The minimum absolute atomic E-state index is 0.498. The first-order chi connectivity index (χ1) is 10.7. The number of rotatable bonds is 3. The molecule has 4 rings (SSSR count). The minimum atomic E-state index is 0.498. The fourth-order valence-corrected chi connectivity index (χ4v) is 3.95. The number of aryl methyl sites for hydroxylation is 3. The highest BCUT2D eigenvalue weighted by atomic mass is 15.3. The maximum absolute atomic E-state index is 4.64. The van der Waals surface area contributed by atoms with Gasteiger partial charge in [-0.2, -0.15) is 5.10 Å². The summed E-state index contributed by atoms with van der Waals surface area (Å²) in [5.74, 6) is 1.19. The summed E-state index contributed by atoms with van der Waals surface area (Å²) in [6, 6.07) is 2.65. The van der Waals surface area contributed by atoms with Gasteiger partial charge in [-0.3, -0.25) is 4.68 Å². The lowest BCUT2D eigenvalue weighted by molar-refractivity contribution is 0.496. The Kier molecular flexibility index (Phi) is 3.36. The minimum Gasteiger partial charge on any atom is -0.351 e. The summed E-state index contributed by atoms with van der Waals surface area (Å²) in [6.45, 7) is 6.26. The summed E-state index contributed by atoms with van der Waals surface area (Å²) in [7, 11) is 0. The van der Waals surface area contributed by atoms with Crippen molar-refractivity contribution in [3.8, 4) is 0 Å². The predicted octanol–water partition coefficient (Wildman–Crippen LogP) is 2.45. The first-order valence-electron chi connectivity index (χ1n) is 8.33. The number of aromatic nitrogens is 4. The van der Waals surface area contributed by atoms with E-state index in [0.717, 1.165) is 31.6 Å². The van der Waals surface area contributed by atoms with Crippen molar-refractivity contribution in [2.24, 2.45) is 0 Å². The van der Waals surface area contributed by atoms with Crippen molar-refractivity contribution in [3.05, 3.63) is 35.0 Å². The summed E-state index contributed by atoms with van der Waals surface area (Å²) < 4.78 is 2.15. The third-order valence-corrected chi connectivity index (χ3v) is 4.99. The molecule has 0 saturated carbocycles. The van der Waals surface area contributed by atoms with Crippen LogP contribution in [0.1, 0.15) is 41.9 Å². The van der Waals surface area contributed by atoms with Gasteiger partial charge in [0, 0.05) is 23.5 Å². The Bertz CT molecular complexity index is 690. The SMILES string of the molecule is Cc1cc(C)n(CC2CCCN2c2ncnc3c2CCC3)n1. The fourth-order valence-electron chi connectivity index (χ4n) is 3.95. The average molecular weight is 297 g/mol. The lowest BCUT2D eigenvalue weighted by Gasteiger charge is -2.27. The van der Waals surface area contributed by atoms with Crippen LogP contribution in [0.2, 0.25) is 0 Å². The highest BCUT2D eigenvalue weighted by molar-refractivity contribution is 5.52. The van der Waals surface area contributed by atoms with Crippen LogP contribution >= 0.6 is 0 Å². The standard InChI is InChI=1S/C17H23N5/c1-12-9-13(2)22(20-12)10-14-5-4-8-21(14)17-15-6-3-7-16(15)18-11-19-17/h9,11,14H,3-8,10H2,1-2H3. The van der Waals surface area contributed by atoms with Crippen molar-refractivity contribution in [2.75, 3.05) is 11.4 Å². The van der Waals surface area contributed by atoms with Crippen LogP contribution in [0.25, 0.3) is 0 Å². The second-order valence-corrected chi connectivity index (χ2v) is 6.57. The molecule has 0 amide bonds. The zero-order valence-electron chi connectivity index (χ0n) is 13.4. The zero-order chi connectivity index (χ0) is 15.1. The topological polar surface area (TPSA) is 46.8 Å². The zero-order valence-corrected chi connectivity index (χ0v) is 13.4. The number of hydrogen-bond acceptors (Lipinski definition) is 4. The van der Waals surface area contributed by atoms with Crippen LogP contribution in [0, 0.1) is 13.8 Å². The molecule has 5 heteroatoms. The Hall–Kier alpha value is -1.91. The van der Waals surface area contributed by atoms with Gasteiger partial charge in [0.05, 0.1) is 18.3 Å². The fraction of sp³-hybridized carbons (Fsp3) is 0.588. The van der Waals surface area contributed by atoms with E-state index in [1.54, 1.807) is 6.33 Å². The van der Waals surface area contributed by atoms with Gasteiger partial charge in [0.25, 0.3) is 0 Å². The van der Waals surface area contributed by atoms with Crippen LogP contribution in [0.3, 0.4) is 0 Å². The van der Waals surface area contributed by atoms with E-state index < -0.39 is 0 Å². The Balaban J connectivity index is 1.62. The normalized spacial score (nSPS) is 20.6. The molecule has 1 atom stereocenters. The summed E-state index contributed by atoms with van der Waals surface area (Å²) >= 11 is 0. The van der Waals surface area contributed by atoms with Crippen molar-refractivity contribution >= 4 is 5.82 Å². The number of fused-ring (bicyclic) bond motifs is 1. The number of hydrogen-bond donors (Lipinski definition) is 0. The Labute approximate surface area is 131 Å². The maximum Gasteiger partial charge on any atom is 0.135 e. The average Bonchev–Trinajstić information content (AvgIpc) is 3.20. The molecule has 0 aromatic carbocycles. The van der Waals surface area contributed by atoms with E-state index in [1.165, 1.54) is 42.0 Å². The van der Waals surface area contributed by atoms with E-state index in [9.17, 15) is 0 Å². The monoisotopic (exact) mass is 297 g/mol. The van der Waals surface area contributed by atoms with Gasteiger partial charge in [0.2, 0.25) is 0 Å². The van der Waals surface area contributed by atoms with Gasteiger partial charge >= 0.3 is 0 Å². The molecule has 116 valence electrons. The molecule has 0 radical (unpaired) electrons. The smallest absolute Gasteiger partial charge is 0.135 e. The van der Waals surface area contributed by atoms with Crippen LogP contribution in [0.5, 0.6) is 0 Å². The molecule has 1 aliphatic carbocycles. The molecule has 1 fully saturated rings. The predicted molar refractivity (Wildman–Crippen MR) is 86.1 cm³/mol. The van der Waals surface area contributed by atoms with Crippen molar-refractivity contribution in [2.45, 2.75) is 58.5 Å². The first kappa shape index (κ1) is 13.7. The van der Waals surface area contributed by atoms with Crippen LogP contribution in [-0.2, 0) is 19.4 Å². The molecular weight excluding hydrogens is 274 g/mol. The molecule has 2 aromatic heterocycles. The van der Waals surface area contributed by atoms with Gasteiger partial charge in [-0.1, -0.05) is 0 Å². The van der Waals surface area contributed by atoms with E-state index in [0.29, 0.717) is 6.04 Å². The van der Waals surface area contributed by atoms with Crippen molar-refractivity contribution in [3.63, 3.8) is 0 Å². The quantitative estimate of drug-likeness (QED) is 0.873. The third kappa shape index (κ3) is 2.28.